The highest BCUT2D eigenvalue weighted by molar-refractivity contribution is 5.90. The number of rotatable bonds is 5. The summed E-state index contributed by atoms with van der Waals surface area (Å²) in [4.78, 5) is 22.9. The molecular formula is C14H17NO4. The van der Waals surface area contributed by atoms with E-state index in [1.165, 1.54) is 7.11 Å². The van der Waals surface area contributed by atoms with Crippen LogP contribution in [0.1, 0.15) is 12.8 Å². The molecule has 5 nitrogen and oxygen atoms in total. The maximum atomic E-state index is 11.7. The van der Waals surface area contributed by atoms with Crippen LogP contribution >= 0.6 is 0 Å². The number of methoxy groups -OCH3 is 1. The Bertz CT molecular complexity index is 446. The molecule has 19 heavy (non-hydrogen) atoms. The van der Waals surface area contributed by atoms with Gasteiger partial charge in [0.2, 0.25) is 0 Å². The van der Waals surface area contributed by atoms with Crippen LogP contribution in [0.2, 0.25) is 0 Å². The smallest absolute Gasteiger partial charge is 0.307 e. The molecule has 0 amide bonds. The Balaban J connectivity index is 1.81. The van der Waals surface area contributed by atoms with Crippen molar-refractivity contribution in [2.45, 2.75) is 24.9 Å². The van der Waals surface area contributed by atoms with Crippen LogP contribution in [0.15, 0.2) is 30.3 Å². The fourth-order valence-electron chi connectivity index (χ4n) is 2.06. The first-order valence-corrected chi connectivity index (χ1v) is 6.22. The Morgan fingerprint density at radius 3 is 2.79 bits per heavy atom. The van der Waals surface area contributed by atoms with E-state index in [1.807, 2.05) is 30.3 Å². The zero-order chi connectivity index (χ0) is 13.7. The number of ether oxygens (including phenoxy) is 2. The van der Waals surface area contributed by atoms with Gasteiger partial charge in [0.15, 0.2) is 5.78 Å². The SMILES string of the molecule is COC(=O)C[C@H]1N[C@@H](COc2ccccc2)CC1=O. The highest BCUT2D eigenvalue weighted by atomic mass is 16.5. The van der Waals surface area contributed by atoms with E-state index in [2.05, 4.69) is 10.1 Å². The van der Waals surface area contributed by atoms with Crippen molar-refractivity contribution in [2.75, 3.05) is 13.7 Å². The van der Waals surface area contributed by atoms with Gasteiger partial charge in [-0.25, -0.2) is 0 Å². The number of carbonyl (C=O) groups is 2. The fourth-order valence-corrected chi connectivity index (χ4v) is 2.06. The van der Waals surface area contributed by atoms with Crippen LogP contribution in [0.3, 0.4) is 0 Å². The molecule has 1 heterocycles. The standard InChI is InChI=1S/C14H17NO4/c1-18-14(17)8-12-13(16)7-10(15-12)9-19-11-5-3-2-4-6-11/h2-6,10,12,15H,7-9H2,1H3/t10-,12-/m1/s1. The fraction of sp³-hybridized carbons (Fsp3) is 0.429. The zero-order valence-electron chi connectivity index (χ0n) is 10.8. The van der Waals surface area contributed by atoms with Crippen molar-refractivity contribution < 1.29 is 19.1 Å². The van der Waals surface area contributed by atoms with E-state index < -0.39 is 6.04 Å². The van der Waals surface area contributed by atoms with Crippen molar-refractivity contribution in [3.05, 3.63) is 30.3 Å². The van der Waals surface area contributed by atoms with Crippen molar-refractivity contribution in [1.82, 2.24) is 5.32 Å². The summed E-state index contributed by atoms with van der Waals surface area (Å²) in [5.74, 6) is 0.427. The van der Waals surface area contributed by atoms with Crippen LogP contribution in [0.25, 0.3) is 0 Å². The van der Waals surface area contributed by atoms with Crippen LogP contribution in [0.4, 0.5) is 0 Å². The molecule has 1 N–H and O–H groups in total. The normalized spacial score (nSPS) is 22.3. The first-order chi connectivity index (χ1) is 9.19. The summed E-state index contributed by atoms with van der Waals surface area (Å²) in [5.41, 5.74) is 0. The van der Waals surface area contributed by atoms with Gasteiger partial charge in [-0.1, -0.05) is 18.2 Å². The minimum absolute atomic E-state index is 0.0343. The second-order valence-electron chi connectivity index (χ2n) is 4.49. The van der Waals surface area contributed by atoms with Gasteiger partial charge in [-0.15, -0.1) is 0 Å². The Labute approximate surface area is 111 Å². The molecule has 1 aliphatic heterocycles. The van der Waals surface area contributed by atoms with E-state index in [1.54, 1.807) is 0 Å². The molecule has 0 radical (unpaired) electrons. The van der Waals surface area contributed by atoms with Gasteiger partial charge in [0.25, 0.3) is 0 Å². The molecule has 1 saturated heterocycles. The van der Waals surface area contributed by atoms with Gasteiger partial charge in [-0.2, -0.15) is 0 Å². The lowest BCUT2D eigenvalue weighted by atomic mass is 10.1. The van der Waals surface area contributed by atoms with E-state index in [4.69, 9.17) is 4.74 Å². The quantitative estimate of drug-likeness (QED) is 0.801. The molecule has 0 spiro atoms. The van der Waals surface area contributed by atoms with E-state index >= 15 is 0 Å². The molecule has 2 atom stereocenters. The third-order valence-corrected chi connectivity index (χ3v) is 3.07. The Kier molecular flexibility index (Phi) is 4.52. The van der Waals surface area contributed by atoms with E-state index in [0.717, 1.165) is 5.75 Å². The molecule has 0 bridgehead atoms. The minimum Gasteiger partial charge on any atom is -0.492 e. The number of Topliss-reactive ketones (excluding diaryl/α,β-unsaturated/α-hetero) is 1. The molecule has 1 aromatic rings. The Morgan fingerprint density at radius 1 is 1.37 bits per heavy atom. The highest BCUT2D eigenvalue weighted by Gasteiger charge is 2.33. The predicted molar refractivity (Wildman–Crippen MR) is 68.9 cm³/mol. The first-order valence-electron chi connectivity index (χ1n) is 6.22. The lowest BCUT2D eigenvalue weighted by molar-refractivity contribution is -0.142. The first kappa shape index (κ1) is 13.5. The third kappa shape index (κ3) is 3.79. The van der Waals surface area contributed by atoms with Gasteiger partial charge in [0, 0.05) is 12.5 Å². The number of hydrogen-bond acceptors (Lipinski definition) is 5. The van der Waals surface area contributed by atoms with Crippen LogP contribution in [-0.2, 0) is 14.3 Å². The number of nitrogens with one attached hydrogen (secondary N) is 1. The van der Waals surface area contributed by atoms with Crippen molar-refractivity contribution >= 4 is 11.8 Å². The van der Waals surface area contributed by atoms with Crippen molar-refractivity contribution in [1.29, 1.82) is 0 Å². The van der Waals surface area contributed by atoms with Gasteiger partial charge in [-0.05, 0) is 12.1 Å². The Hall–Kier alpha value is -1.88. The van der Waals surface area contributed by atoms with Crippen molar-refractivity contribution in [3.8, 4) is 5.75 Å². The number of ketones is 1. The monoisotopic (exact) mass is 263 g/mol. The molecule has 0 unspecified atom stereocenters. The number of para-hydroxylation sites is 1. The summed E-state index contributed by atoms with van der Waals surface area (Å²) in [6.45, 7) is 0.410. The van der Waals surface area contributed by atoms with Crippen molar-refractivity contribution in [3.63, 3.8) is 0 Å². The lowest BCUT2D eigenvalue weighted by Crippen LogP contribution is -2.36. The van der Waals surface area contributed by atoms with Crippen molar-refractivity contribution in [2.24, 2.45) is 0 Å². The molecule has 1 aliphatic rings. The minimum atomic E-state index is -0.447. The summed E-state index contributed by atoms with van der Waals surface area (Å²) in [6, 6.07) is 8.92. The van der Waals surface area contributed by atoms with E-state index in [-0.39, 0.29) is 24.2 Å². The number of carbonyl (C=O) groups excluding carboxylic acids is 2. The summed E-state index contributed by atoms with van der Waals surface area (Å²) < 4.78 is 10.1. The molecular weight excluding hydrogens is 246 g/mol. The van der Waals surface area contributed by atoms with Crippen LogP contribution in [0.5, 0.6) is 5.75 Å². The molecule has 102 valence electrons. The van der Waals surface area contributed by atoms with Gasteiger partial charge >= 0.3 is 5.97 Å². The second-order valence-corrected chi connectivity index (χ2v) is 4.49. The van der Waals surface area contributed by atoms with Gasteiger partial charge in [-0.3, -0.25) is 9.59 Å². The molecule has 0 aliphatic carbocycles. The average molecular weight is 263 g/mol. The summed E-state index contributed by atoms with van der Waals surface area (Å²) in [6.07, 6.45) is 0.464. The third-order valence-electron chi connectivity index (χ3n) is 3.07. The average Bonchev–Trinajstić information content (AvgIpc) is 2.78. The van der Waals surface area contributed by atoms with Crippen LogP contribution in [-0.4, -0.2) is 37.6 Å². The molecule has 0 aromatic heterocycles. The van der Waals surface area contributed by atoms with Crippen LogP contribution < -0.4 is 10.1 Å². The molecule has 1 aromatic carbocycles. The van der Waals surface area contributed by atoms with E-state index in [9.17, 15) is 9.59 Å². The summed E-state index contributed by atoms with van der Waals surface area (Å²) in [7, 11) is 1.32. The number of esters is 1. The van der Waals surface area contributed by atoms with Gasteiger partial charge in [0.1, 0.15) is 12.4 Å². The van der Waals surface area contributed by atoms with Gasteiger partial charge < -0.3 is 14.8 Å². The van der Waals surface area contributed by atoms with E-state index in [0.29, 0.717) is 13.0 Å². The lowest BCUT2D eigenvalue weighted by Gasteiger charge is -2.13. The zero-order valence-corrected chi connectivity index (χ0v) is 10.8. The topological polar surface area (TPSA) is 64.6 Å². The number of benzene rings is 1. The summed E-state index contributed by atoms with van der Waals surface area (Å²) in [5, 5.41) is 3.10. The summed E-state index contributed by atoms with van der Waals surface area (Å²) >= 11 is 0. The highest BCUT2D eigenvalue weighted by Crippen LogP contribution is 2.15. The maximum absolute atomic E-state index is 11.7. The molecule has 2 rings (SSSR count). The number of hydrogen-bond donors (Lipinski definition) is 1. The molecule has 5 heteroatoms. The molecule has 0 saturated carbocycles. The van der Waals surface area contributed by atoms with Crippen LogP contribution in [0, 0.1) is 0 Å². The predicted octanol–water partition coefficient (Wildman–Crippen LogP) is 0.928. The Morgan fingerprint density at radius 2 is 2.11 bits per heavy atom. The largest absolute Gasteiger partial charge is 0.492 e. The van der Waals surface area contributed by atoms with Gasteiger partial charge in [0.05, 0.1) is 19.6 Å². The second kappa shape index (κ2) is 6.33. The molecule has 1 fully saturated rings. The maximum Gasteiger partial charge on any atom is 0.307 e.